The summed E-state index contributed by atoms with van der Waals surface area (Å²) in [6, 6.07) is 8.20. The fraction of sp³-hybridized carbons (Fsp3) is 0.278. The molecule has 0 radical (unpaired) electrons. The number of benzene rings is 1. The molecule has 128 valence electrons. The Labute approximate surface area is 148 Å². The average Bonchev–Trinajstić information content (AvgIpc) is 3.27. The highest BCUT2D eigenvalue weighted by Gasteiger charge is 2.29. The van der Waals surface area contributed by atoms with Gasteiger partial charge in [-0.1, -0.05) is 24.3 Å². The summed E-state index contributed by atoms with van der Waals surface area (Å²) < 4.78 is 6.70. The van der Waals surface area contributed by atoms with Gasteiger partial charge < -0.3 is 10.1 Å². The Morgan fingerprint density at radius 1 is 1.32 bits per heavy atom. The molecule has 1 aliphatic carbocycles. The summed E-state index contributed by atoms with van der Waals surface area (Å²) in [6.07, 6.45) is 3.33. The lowest BCUT2D eigenvalue weighted by molar-refractivity contribution is 0.0516. The number of esters is 1. The van der Waals surface area contributed by atoms with Crippen molar-refractivity contribution in [3.05, 3.63) is 58.4 Å². The van der Waals surface area contributed by atoms with Crippen molar-refractivity contribution in [2.45, 2.75) is 25.8 Å². The Kier molecular flexibility index (Phi) is 4.01. The first kappa shape index (κ1) is 15.8. The lowest BCUT2D eigenvalue weighted by Crippen LogP contribution is -2.36. The Bertz CT molecular complexity index is 935. The van der Waals surface area contributed by atoms with Gasteiger partial charge in [0.1, 0.15) is 5.69 Å². The number of nitrogens with zero attached hydrogens (tertiary/aromatic N) is 2. The number of rotatable bonds is 4. The zero-order chi connectivity index (χ0) is 17.4. The van der Waals surface area contributed by atoms with Gasteiger partial charge in [-0.25, -0.2) is 9.78 Å². The predicted octanol–water partition coefficient (Wildman–Crippen LogP) is 2.47. The number of fused-ring (bicyclic) bond motifs is 2. The minimum atomic E-state index is -0.571. The van der Waals surface area contributed by atoms with Crippen molar-refractivity contribution in [3.8, 4) is 0 Å². The van der Waals surface area contributed by atoms with Crippen molar-refractivity contribution in [1.82, 2.24) is 14.7 Å². The Morgan fingerprint density at radius 3 is 2.72 bits per heavy atom. The van der Waals surface area contributed by atoms with Crippen molar-refractivity contribution in [2.75, 3.05) is 6.61 Å². The summed E-state index contributed by atoms with van der Waals surface area (Å²) >= 11 is 1.37. The number of hydrogen-bond donors (Lipinski definition) is 1. The number of hydrogen-bond acceptors (Lipinski definition) is 5. The molecule has 6 nitrogen and oxygen atoms in total. The number of amides is 1. The molecule has 7 heteroatoms. The number of ether oxygens (including phenoxy) is 1. The Balaban J connectivity index is 1.61. The third kappa shape index (κ3) is 2.80. The molecule has 4 rings (SSSR count). The summed E-state index contributed by atoms with van der Waals surface area (Å²) in [4.78, 5) is 29.9. The maximum Gasteiger partial charge on any atom is 0.359 e. The molecule has 1 aliphatic rings. The van der Waals surface area contributed by atoms with Gasteiger partial charge in [0.25, 0.3) is 5.91 Å². The van der Waals surface area contributed by atoms with Crippen LogP contribution in [-0.2, 0) is 17.6 Å². The second-order valence-corrected chi connectivity index (χ2v) is 6.81. The van der Waals surface area contributed by atoms with Crippen LogP contribution in [0.3, 0.4) is 0 Å². The standard InChI is InChI=1S/C18H17N3O3S/c1-2-24-17(23)14-15(21-7-8-25-18(21)20-14)16(22)19-13-9-11-5-3-4-6-12(11)10-13/h3-8,13H,2,9-10H2,1H3,(H,19,22). The van der Waals surface area contributed by atoms with Gasteiger partial charge in [0.2, 0.25) is 0 Å². The lowest BCUT2D eigenvalue weighted by atomic mass is 10.1. The summed E-state index contributed by atoms with van der Waals surface area (Å²) in [5.41, 5.74) is 2.83. The quantitative estimate of drug-likeness (QED) is 0.730. The first-order valence-electron chi connectivity index (χ1n) is 8.17. The highest BCUT2D eigenvalue weighted by atomic mass is 32.1. The van der Waals surface area contributed by atoms with Gasteiger partial charge in [-0.15, -0.1) is 11.3 Å². The van der Waals surface area contributed by atoms with Crippen LogP contribution in [-0.4, -0.2) is 33.9 Å². The summed E-state index contributed by atoms with van der Waals surface area (Å²) in [6.45, 7) is 1.97. The normalized spacial score (nSPS) is 13.8. The van der Waals surface area contributed by atoms with Crippen molar-refractivity contribution < 1.29 is 14.3 Å². The van der Waals surface area contributed by atoms with Crippen LogP contribution >= 0.6 is 11.3 Å². The second kappa shape index (κ2) is 6.33. The molecule has 0 aliphatic heterocycles. The Hall–Kier alpha value is -2.67. The second-order valence-electron chi connectivity index (χ2n) is 5.93. The molecule has 0 spiro atoms. The molecule has 0 bridgehead atoms. The SMILES string of the molecule is CCOC(=O)c1nc2sccn2c1C(=O)NC1Cc2ccccc2C1. The van der Waals surface area contributed by atoms with Crippen LogP contribution in [0.15, 0.2) is 35.8 Å². The monoisotopic (exact) mass is 355 g/mol. The molecule has 1 amide bonds. The maximum absolute atomic E-state index is 12.9. The molecule has 0 unspecified atom stereocenters. The van der Waals surface area contributed by atoms with Gasteiger partial charge in [0.15, 0.2) is 10.7 Å². The Morgan fingerprint density at radius 2 is 2.04 bits per heavy atom. The maximum atomic E-state index is 12.9. The minimum absolute atomic E-state index is 0.0177. The van der Waals surface area contributed by atoms with Crippen molar-refractivity contribution in [3.63, 3.8) is 0 Å². The van der Waals surface area contributed by atoms with E-state index in [-0.39, 0.29) is 29.9 Å². The van der Waals surface area contributed by atoms with E-state index in [4.69, 9.17) is 4.74 Å². The first-order valence-corrected chi connectivity index (χ1v) is 9.05. The van der Waals surface area contributed by atoms with Gasteiger partial charge >= 0.3 is 5.97 Å². The number of carbonyl (C=O) groups excluding carboxylic acids is 2. The van der Waals surface area contributed by atoms with Crippen LogP contribution < -0.4 is 5.32 Å². The summed E-state index contributed by atoms with van der Waals surface area (Å²) in [7, 11) is 0. The van der Waals surface area contributed by atoms with Gasteiger partial charge in [-0.2, -0.15) is 0 Å². The van der Waals surface area contributed by atoms with Crippen LogP contribution in [0.5, 0.6) is 0 Å². The number of imidazole rings is 1. The number of carbonyl (C=O) groups is 2. The van der Waals surface area contributed by atoms with E-state index >= 15 is 0 Å². The van der Waals surface area contributed by atoms with Gasteiger partial charge in [-0.05, 0) is 30.9 Å². The zero-order valence-corrected chi connectivity index (χ0v) is 14.5. The van der Waals surface area contributed by atoms with Crippen LogP contribution in [0.2, 0.25) is 0 Å². The fourth-order valence-corrected chi connectivity index (χ4v) is 3.97. The van der Waals surface area contributed by atoms with E-state index in [2.05, 4.69) is 22.4 Å². The highest BCUT2D eigenvalue weighted by molar-refractivity contribution is 7.15. The van der Waals surface area contributed by atoms with Gasteiger partial charge in [-0.3, -0.25) is 9.20 Å². The van der Waals surface area contributed by atoms with Crippen molar-refractivity contribution in [1.29, 1.82) is 0 Å². The molecule has 0 fully saturated rings. The number of thiazole rings is 1. The molecule has 0 saturated heterocycles. The predicted molar refractivity (Wildman–Crippen MR) is 94.1 cm³/mol. The van der Waals surface area contributed by atoms with E-state index in [1.54, 1.807) is 17.5 Å². The van der Waals surface area contributed by atoms with E-state index in [1.165, 1.54) is 22.5 Å². The molecule has 25 heavy (non-hydrogen) atoms. The van der Waals surface area contributed by atoms with Crippen LogP contribution in [0.4, 0.5) is 0 Å². The molecule has 2 aromatic heterocycles. The lowest BCUT2D eigenvalue weighted by Gasteiger charge is -2.12. The molecular weight excluding hydrogens is 338 g/mol. The van der Waals surface area contributed by atoms with Crippen molar-refractivity contribution in [2.24, 2.45) is 0 Å². The van der Waals surface area contributed by atoms with E-state index in [9.17, 15) is 9.59 Å². The van der Waals surface area contributed by atoms with Gasteiger partial charge in [0.05, 0.1) is 6.61 Å². The van der Waals surface area contributed by atoms with Crippen LogP contribution in [0.25, 0.3) is 4.96 Å². The molecule has 1 aromatic carbocycles. The third-order valence-corrected chi connectivity index (χ3v) is 5.09. The molecule has 0 saturated carbocycles. The fourth-order valence-electron chi connectivity index (χ4n) is 3.26. The van der Waals surface area contributed by atoms with Crippen LogP contribution in [0, 0.1) is 0 Å². The van der Waals surface area contributed by atoms with E-state index < -0.39 is 5.97 Å². The minimum Gasteiger partial charge on any atom is -0.461 e. The molecule has 1 N–H and O–H groups in total. The molecular formula is C18H17N3O3S. The zero-order valence-electron chi connectivity index (χ0n) is 13.7. The van der Waals surface area contributed by atoms with E-state index in [1.807, 2.05) is 17.5 Å². The molecule has 2 heterocycles. The highest BCUT2D eigenvalue weighted by Crippen LogP contribution is 2.23. The molecule has 3 aromatic rings. The average molecular weight is 355 g/mol. The largest absolute Gasteiger partial charge is 0.461 e. The van der Waals surface area contributed by atoms with Crippen molar-refractivity contribution >= 4 is 28.2 Å². The summed E-state index contributed by atoms with van der Waals surface area (Å²) in [5, 5.41) is 4.88. The topological polar surface area (TPSA) is 72.7 Å². The summed E-state index contributed by atoms with van der Waals surface area (Å²) in [5.74, 6) is -0.870. The van der Waals surface area contributed by atoms with Crippen LogP contribution in [0.1, 0.15) is 39.0 Å². The molecule has 0 atom stereocenters. The smallest absolute Gasteiger partial charge is 0.359 e. The number of aromatic nitrogens is 2. The van der Waals surface area contributed by atoms with E-state index in [0.717, 1.165) is 12.8 Å². The third-order valence-electron chi connectivity index (χ3n) is 4.33. The number of nitrogens with one attached hydrogen (secondary N) is 1. The van der Waals surface area contributed by atoms with E-state index in [0.29, 0.717) is 4.96 Å². The van der Waals surface area contributed by atoms with Gasteiger partial charge in [0, 0.05) is 17.6 Å². The first-order chi connectivity index (χ1) is 12.2.